The van der Waals surface area contributed by atoms with Gasteiger partial charge in [0.15, 0.2) is 0 Å². The fraction of sp³-hybridized carbons (Fsp3) is 0.864. The van der Waals surface area contributed by atoms with Crippen molar-refractivity contribution in [2.75, 3.05) is 13.1 Å². The largest absolute Gasteiger partial charge is 0.480 e. The van der Waals surface area contributed by atoms with Gasteiger partial charge in [-0.15, -0.1) is 0 Å². The molecule has 0 aromatic rings. The van der Waals surface area contributed by atoms with Crippen LogP contribution in [0.3, 0.4) is 0 Å². The summed E-state index contributed by atoms with van der Waals surface area (Å²) in [6.07, 6.45) is 19.3. The van der Waals surface area contributed by atoms with Crippen LogP contribution in [0.1, 0.15) is 171 Å². The molecule has 5 aliphatic rings. The fourth-order valence-corrected chi connectivity index (χ4v) is 12.8. The minimum atomic E-state index is -1.04. The predicted octanol–water partition coefficient (Wildman–Crippen LogP) is 9.16. The van der Waals surface area contributed by atoms with E-state index in [2.05, 4.69) is 72.1 Å². The first-order valence-electron chi connectivity index (χ1n) is 21.0. The van der Waals surface area contributed by atoms with Gasteiger partial charge in [-0.05, 0) is 123 Å². The van der Waals surface area contributed by atoms with Crippen LogP contribution in [0.2, 0.25) is 0 Å². The molecule has 52 heavy (non-hydrogen) atoms. The molecule has 3 N–H and O–H groups in total. The van der Waals surface area contributed by atoms with Gasteiger partial charge < -0.3 is 20.5 Å². The molecule has 0 saturated heterocycles. The molecule has 0 aliphatic heterocycles. The minimum absolute atomic E-state index is 0.0161. The molecular weight excluding hydrogens is 652 g/mol. The van der Waals surface area contributed by atoms with E-state index in [0.717, 1.165) is 89.9 Å². The number of allylic oxidation sites excluding steroid dienone is 2. The standard InChI is InChI=1S/C44H72N2O6/c1-9-10-12-16-37(50)52-34-20-21-41(6)32(40(34,4)5)19-22-43(8)33(41)18-17-30-31-28-39(2,3)23-25-44(31,26-24-42(30,43)7)38(51)45-27-14-11-13-15-35(47)46-29-36(48)49/h17,31-34H,9-16,18-29H2,1-8H3,(H,45,51)(H,46,47)(H,48,49)/t31-,32-,33+,34-,41-,42+,43+,44-/m0/s1. The lowest BCUT2D eigenvalue weighted by atomic mass is 9.33. The van der Waals surface area contributed by atoms with Gasteiger partial charge in [-0.25, -0.2) is 0 Å². The van der Waals surface area contributed by atoms with E-state index >= 15 is 0 Å². The lowest BCUT2D eigenvalue weighted by molar-refractivity contribution is -0.213. The third-order valence-corrected chi connectivity index (χ3v) is 16.1. The number of carbonyl (C=O) groups is 4. The van der Waals surface area contributed by atoms with Gasteiger partial charge in [0.2, 0.25) is 11.8 Å². The Kier molecular flexibility index (Phi) is 12.1. The predicted molar refractivity (Wildman–Crippen MR) is 205 cm³/mol. The van der Waals surface area contributed by atoms with E-state index in [1.165, 1.54) is 6.42 Å². The van der Waals surface area contributed by atoms with Crippen molar-refractivity contribution in [3.05, 3.63) is 11.6 Å². The molecule has 8 heteroatoms. The number of rotatable bonds is 14. The van der Waals surface area contributed by atoms with Crippen molar-refractivity contribution in [2.45, 2.75) is 177 Å². The number of aliphatic carboxylic acids is 1. The molecule has 5 aliphatic carbocycles. The van der Waals surface area contributed by atoms with Crippen molar-refractivity contribution < 1.29 is 29.0 Å². The maximum Gasteiger partial charge on any atom is 0.322 e. The number of carboxylic acid groups (broad SMARTS) is 1. The van der Waals surface area contributed by atoms with Crippen molar-refractivity contribution >= 4 is 23.8 Å². The molecule has 5 rings (SSSR count). The van der Waals surface area contributed by atoms with Crippen LogP contribution in [0, 0.1) is 50.2 Å². The number of fused-ring (bicyclic) bond motifs is 7. The van der Waals surface area contributed by atoms with E-state index in [1.807, 2.05) is 0 Å². The first-order chi connectivity index (χ1) is 24.4. The first kappa shape index (κ1) is 40.8. The summed E-state index contributed by atoms with van der Waals surface area (Å²) in [6.45, 7) is 19.7. The zero-order valence-corrected chi connectivity index (χ0v) is 34.0. The highest BCUT2D eigenvalue weighted by molar-refractivity contribution is 5.84. The van der Waals surface area contributed by atoms with Gasteiger partial charge in [0.1, 0.15) is 12.6 Å². The Morgan fingerprint density at radius 1 is 0.808 bits per heavy atom. The Balaban J connectivity index is 1.30. The SMILES string of the molecule is CCCCCC(=O)O[C@H]1CC[C@]2(C)[C@H]3CC=C4[C@@H]5CC(C)(C)CC[C@]5(C(=O)NCCCCCC(=O)NCC(=O)O)CC[C@@]4(C)[C@]3(C)CC[C@H]2C1(C)C. The summed E-state index contributed by atoms with van der Waals surface area (Å²) in [4.78, 5) is 49.9. The van der Waals surface area contributed by atoms with E-state index in [4.69, 9.17) is 9.84 Å². The summed E-state index contributed by atoms with van der Waals surface area (Å²) >= 11 is 0. The van der Waals surface area contributed by atoms with Crippen LogP contribution in [-0.2, 0) is 23.9 Å². The summed E-state index contributed by atoms with van der Waals surface area (Å²) in [7, 11) is 0. The van der Waals surface area contributed by atoms with Crippen molar-refractivity contribution in [3.8, 4) is 0 Å². The lowest BCUT2D eigenvalue weighted by Crippen LogP contribution is -2.65. The van der Waals surface area contributed by atoms with Crippen molar-refractivity contribution in [1.82, 2.24) is 10.6 Å². The molecule has 0 bridgehead atoms. The molecular formula is C44H72N2O6. The van der Waals surface area contributed by atoms with Crippen molar-refractivity contribution in [3.63, 3.8) is 0 Å². The molecule has 0 aromatic carbocycles. The molecule has 0 aromatic heterocycles. The third-order valence-electron chi connectivity index (χ3n) is 16.1. The van der Waals surface area contributed by atoms with E-state index in [1.54, 1.807) is 5.57 Å². The van der Waals surface area contributed by atoms with Gasteiger partial charge in [-0.1, -0.05) is 86.3 Å². The molecule has 294 valence electrons. The summed E-state index contributed by atoms with van der Waals surface area (Å²) < 4.78 is 6.28. The zero-order chi connectivity index (χ0) is 38.2. The molecule has 0 radical (unpaired) electrons. The van der Waals surface area contributed by atoms with Crippen molar-refractivity contribution in [2.24, 2.45) is 50.2 Å². The number of hydrogen-bond acceptors (Lipinski definition) is 5. The number of carboxylic acids is 1. The van der Waals surface area contributed by atoms with Crippen LogP contribution in [0.4, 0.5) is 0 Å². The molecule has 8 atom stereocenters. The number of esters is 1. The maximum absolute atomic E-state index is 14.4. The van der Waals surface area contributed by atoms with Crippen LogP contribution in [0.5, 0.6) is 0 Å². The highest BCUT2D eigenvalue weighted by atomic mass is 16.5. The second-order valence-corrected chi connectivity index (χ2v) is 19.9. The Morgan fingerprint density at radius 2 is 1.52 bits per heavy atom. The average molecular weight is 725 g/mol. The number of ether oxygens (including phenoxy) is 1. The summed E-state index contributed by atoms with van der Waals surface area (Å²) in [6, 6.07) is 0. The van der Waals surface area contributed by atoms with Gasteiger partial charge in [0.05, 0.1) is 5.41 Å². The first-order valence-corrected chi connectivity index (χ1v) is 21.0. The number of hydrogen-bond donors (Lipinski definition) is 3. The van der Waals surface area contributed by atoms with Gasteiger partial charge in [-0.2, -0.15) is 0 Å². The smallest absolute Gasteiger partial charge is 0.322 e. The van der Waals surface area contributed by atoms with Crippen LogP contribution in [0.25, 0.3) is 0 Å². The second-order valence-electron chi connectivity index (χ2n) is 19.9. The molecule has 2 amide bonds. The zero-order valence-electron chi connectivity index (χ0n) is 34.0. The fourth-order valence-electron chi connectivity index (χ4n) is 12.8. The summed E-state index contributed by atoms with van der Waals surface area (Å²) in [5.41, 5.74) is 1.67. The topological polar surface area (TPSA) is 122 Å². The quantitative estimate of drug-likeness (QED) is 0.0934. The highest BCUT2D eigenvalue weighted by Gasteiger charge is 2.69. The van der Waals surface area contributed by atoms with Crippen LogP contribution in [0.15, 0.2) is 11.6 Å². The van der Waals surface area contributed by atoms with E-state index in [0.29, 0.717) is 37.6 Å². The lowest BCUT2D eigenvalue weighted by Gasteiger charge is -2.71. The molecule has 4 fully saturated rings. The average Bonchev–Trinajstić information content (AvgIpc) is 3.06. The van der Waals surface area contributed by atoms with E-state index in [-0.39, 0.29) is 68.8 Å². The van der Waals surface area contributed by atoms with Crippen LogP contribution in [-0.4, -0.2) is 48.1 Å². The van der Waals surface area contributed by atoms with Crippen molar-refractivity contribution in [1.29, 1.82) is 0 Å². The number of amides is 2. The van der Waals surface area contributed by atoms with E-state index < -0.39 is 5.97 Å². The number of carbonyl (C=O) groups excluding carboxylic acids is 3. The van der Waals surface area contributed by atoms with Crippen LogP contribution < -0.4 is 10.6 Å². The maximum atomic E-state index is 14.4. The number of unbranched alkanes of at least 4 members (excludes halogenated alkanes) is 4. The Morgan fingerprint density at radius 3 is 2.23 bits per heavy atom. The number of nitrogens with one attached hydrogen (secondary N) is 2. The Labute approximate surface area is 314 Å². The Bertz CT molecular complexity index is 1390. The van der Waals surface area contributed by atoms with Gasteiger partial charge in [0.25, 0.3) is 0 Å². The molecule has 8 nitrogen and oxygen atoms in total. The molecule has 4 saturated carbocycles. The summed E-state index contributed by atoms with van der Waals surface area (Å²) in [5.74, 6) is 0.230. The molecule has 0 spiro atoms. The van der Waals surface area contributed by atoms with Gasteiger partial charge in [-0.3, -0.25) is 19.2 Å². The van der Waals surface area contributed by atoms with E-state index in [9.17, 15) is 19.2 Å². The minimum Gasteiger partial charge on any atom is -0.480 e. The van der Waals surface area contributed by atoms with Gasteiger partial charge in [0, 0.05) is 24.8 Å². The summed E-state index contributed by atoms with van der Waals surface area (Å²) in [5, 5.41) is 14.6. The monoisotopic (exact) mass is 725 g/mol. The second kappa shape index (κ2) is 15.4. The molecule has 0 heterocycles. The van der Waals surface area contributed by atoms with Gasteiger partial charge >= 0.3 is 11.9 Å². The highest BCUT2D eigenvalue weighted by Crippen LogP contribution is 2.75. The molecule has 0 unspecified atom stereocenters. The van der Waals surface area contributed by atoms with Crippen LogP contribution >= 0.6 is 0 Å². The normalized spacial score (nSPS) is 37.2. The third kappa shape index (κ3) is 7.48. The Hall–Kier alpha value is -2.38.